The number of aromatic nitrogens is 1. The van der Waals surface area contributed by atoms with Crippen LogP contribution in [-0.4, -0.2) is 34.1 Å². The Labute approximate surface area is 112 Å². The van der Waals surface area contributed by atoms with E-state index < -0.39 is 21.7 Å². The van der Waals surface area contributed by atoms with Crippen LogP contribution in [0, 0.1) is 20.2 Å². The molecule has 9 nitrogen and oxygen atoms in total. The summed E-state index contributed by atoms with van der Waals surface area (Å²) in [7, 11) is 0. The molecule has 104 valence electrons. The highest BCUT2D eigenvalue weighted by Crippen LogP contribution is 2.43. The first kappa shape index (κ1) is 12.6. The van der Waals surface area contributed by atoms with E-state index in [0.717, 1.165) is 6.08 Å². The van der Waals surface area contributed by atoms with E-state index >= 15 is 0 Å². The average molecular weight is 279 g/mol. The smallest absolute Gasteiger partial charge is 0.297 e. The number of fused-ring (bicyclic) bond motifs is 2. The second-order valence-corrected chi connectivity index (χ2v) is 4.30. The fourth-order valence-electron chi connectivity index (χ4n) is 2.47. The van der Waals surface area contributed by atoms with Crippen LogP contribution in [0.2, 0.25) is 0 Å². The number of hydrogen-bond acceptors (Lipinski definition) is 7. The molecule has 0 radical (unpaired) electrons. The first-order valence-corrected chi connectivity index (χ1v) is 5.80. The van der Waals surface area contributed by atoms with Crippen LogP contribution in [0.25, 0.3) is 5.70 Å². The van der Waals surface area contributed by atoms with Crippen LogP contribution >= 0.6 is 0 Å². The molecule has 2 aliphatic rings. The zero-order valence-corrected chi connectivity index (χ0v) is 10.1. The summed E-state index contributed by atoms with van der Waals surface area (Å²) in [6.07, 6.45) is 2.35. The second-order valence-electron chi connectivity index (χ2n) is 4.30. The zero-order valence-electron chi connectivity index (χ0n) is 10.1. The van der Waals surface area contributed by atoms with Crippen molar-refractivity contribution in [3.63, 3.8) is 0 Å². The maximum atomic E-state index is 11.2. The zero-order chi connectivity index (χ0) is 14.3. The summed E-state index contributed by atoms with van der Waals surface area (Å²) < 4.78 is 10.8. The Morgan fingerprint density at radius 3 is 2.60 bits per heavy atom. The minimum absolute atomic E-state index is 0.0772. The van der Waals surface area contributed by atoms with Crippen LogP contribution in [0.1, 0.15) is 11.3 Å². The Bertz CT molecular complexity index is 622. The fraction of sp³-hybridized carbons (Fsp3) is 0.364. The van der Waals surface area contributed by atoms with Crippen LogP contribution in [0.4, 0.5) is 0 Å². The van der Waals surface area contributed by atoms with Crippen molar-refractivity contribution < 1.29 is 19.3 Å². The third kappa shape index (κ3) is 1.60. The molecule has 1 saturated heterocycles. The molecule has 1 fully saturated rings. The highest BCUT2D eigenvalue weighted by atomic mass is 16.7. The summed E-state index contributed by atoms with van der Waals surface area (Å²) >= 11 is 0. The topological polar surface area (TPSA) is 118 Å². The Hall–Kier alpha value is -2.39. The van der Waals surface area contributed by atoms with Crippen molar-refractivity contribution in [2.75, 3.05) is 13.2 Å². The minimum Gasteiger partial charge on any atom is -0.337 e. The van der Waals surface area contributed by atoms with Crippen LogP contribution in [0.15, 0.2) is 24.4 Å². The van der Waals surface area contributed by atoms with Gasteiger partial charge in [0.05, 0.1) is 29.8 Å². The molecule has 9 heteroatoms. The van der Waals surface area contributed by atoms with Crippen LogP contribution in [-0.2, 0) is 15.3 Å². The van der Waals surface area contributed by atoms with Gasteiger partial charge in [-0.05, 0) is 12.1 Å². The number of hydrogen-bond donors (Lipinski definition) is 0. The lowest BCUT2D eigenvalue weighted by atomic mass is 9.90. The number of pyridine rings is 1. The Morgan fingerprint density at radius 2 is 2.00 bits per heavy atom. The Kier molecular flexibility index (Phi) is 2.73. The van der Waals surface area contributed by atoms with E-state index in [-0.39, 0.29) is 30.2 Å². The quantitative estimate of drug-likeness (QED) is 0.573. The molecule has 0 amide bonds. The Balaban J connectivity index is 2.26. The molecule has 0 N–H and O–H groups in total. The SMILES string of the molecule is O=[N+]([O-])C1=CC([N+](=O)[O-])C2(OCCO2)c2ncccc21. The number of nitro groups is 2. The number of rotatable bonds is 2. The molecule has 2 heterocycles. The molecule has 0 aromatic carbocycles. The standard InChI is InChI=1S/C11H9N3O6/c15-13(16)8-6-9(14(17)18)11(19-4-5-20-11)10-7(8)2-1-3-12-10/h1-3,6,9H,4-5H2. The molecular formula is C11H9N3O6. The molecule has 0 saturated carbocycles. The second kappa shape index (κ2) is 4.32. The monoisotopic (exact) mass is 279 g/mol. The molecule has 1 aliphatic heterocycles. The van der Waals surface area contributed by atoms with E-state index in [1.54, 1.807) is 0 Å². The number of nitrogens with zero attached hydrogens (tertiary/aromatic N) is 3. The van der Waals surface area contributed by atoms with E-state index in [9.17, 15) is 20.2 Å². The van der Waals surface area contributed by atoms with Gasteiger partial charge in [0, 0.05) is 11.1 Å². The van der Waals surface area contributed by atoms with E-state index in [2.05, 4.69) is 4.98 Å². The van der Waals surface area contributed by atoms with Crippen molar-refractivity contribution in [2.24, 2.45) is 0 Å². The van der Waals surface area contributed by atoms with Crippen LogP contribution in [0.3, 0.4) is 0 Å². The van der Waals surface area contributed by atoms with Crippen molar-refractivity contribution >= 4 is 5.70 Å². The van der Waals surface area contributed by atoms with Crippen molar-refractivity contribution in [3.8, 4) is 0 Å². The summed E-state index contributed by atoms with van der Waals surface area (Å²) in [5.74, 6) is -1.68. The van der Waals surface area contributed by atoms with Crippen LogP contribution < -0.4 is 0 Å². The normalized spacial score (nSPS) is 23.2. The fourth-order valence-corrected chi connectivity index (χ4v) is 2.47. The van der Waals surface area contributed by atoms with Gasteiger partial charge in [-0.3, -0.25) is 25.2 Å². The summed E-state index contributed by atoms with van der Waals surface area (Å²) in [4.78, 5) is 25.0. The lowest BCUT2D eigenvalue weighted by molar-refractivity contribution is -0.553. The van der Waals surface area contributed by atoms with Gasteiger partial charge in [-0.2, -0.15) is 0 Å². The van der Waals surface area contributed by atoms with Gasteiger partial charge < -0.3 is 9.47 Å². The van der Waals surface area contributed by atoms with Gasteiger partial charge in [-0.15, -0.1) is 0 Å². The molecule has 1 aromatic rings. The third-order valence-corrected chi connectivity index (χ3v) is 3.26. The summed E-state index contributed by atoms with van der Waals surface area (Å²) in [6.45, 7) is 0.337. The molecule has 1 aliphatic carbocycles. The molecule has 1 spiro atoms. The maximum Gasteiger partial charge on any atom is 0.297 e. The van der Waals surface area contributed by atoms with Gasteiger partial charge in [-0.1, -0.05) is 0 Å². The molecule has 20 heavy (non-hydrogen) atoms. The van der Waals surface area contributed by atoms with Gasteiger partial charge in [0.15, 0.2) is 0 Å². The lowest BCUT2D eigenvalue weighted by Gasteiger charge is -2.31. The predicted molar refractivity (Wildman–Crippen MR) is 63.6 cm³/mol. The van der Waals surface area contributed by atoms with Gasteiger partial charge >= 0.3 is 0 Å². The van der Waals surface area contributed by atoms with E-state index in [1.807, 2.05) is 0 Å². The molecule has 1 aromatic heterocycles. The average Bonchev–Trinajstić information content (AvgIpc) is 2.89. The summed E-state index contributed by atoms with van der Waals surface area (Å²) in [5, 5.41) is 22.3. The van der Waals surface area contributed by atoms with Crippen molar-refractivity contribution in [1.82, 2.24) is 4.98 Å². The maximum absolute atomic E-state index is 11.2. The van der Waals surface area contributed by atoms with Gasteiger partial charge in [0.1, 0.15) is 5.69 Å². The lowest BCUT2D eigenvalue weighted by Crippen LogP contribution is -2.48. The Morgan fingerprint density at radius 1 is 1.30 bits per heavy atom. The van der Waals surface area contributed by atoms with Crippen molar-refractivity contribution in [3.05, 3.63) is 55.9 Å². The largest absolute Gasteiger partial charge is 0.337 e. The van der Waals surface area contributed by atoms with Crippen molar-refractivity contribution in [2.45, 2.75) is 11.8 Å². The molecule has 0 bridgehead atoms. The molecular weight excluding hydrogens is 270 g/mol. The highest BCUT2D eigenvalue weighted by Gasteiger charge is 2.59. The molecule has 1 unspecified atom stereocenters. The summed E-state index contributed by atoms with van der Waals surface area (Å²) in [5.41, 5.74) is -0.106. The van der Waals surface area contributed by atoms with E-state index in [4.69, 9.17) is 9.47 Å². The molecule has 3 rings (SSSR count). The first-order chi connectivity index (χ1) is 9.56. The van der Waals surface area contributed by atoms with Gasteiger partial charge in [0.25, 0.3) is 17.5 Å². The minimum atomic E-state index is -1.68. The van der Waals surface area contributed by atoms with Crippen molar-refractivity contribution in [1.29, 1.82) is 0 Å². The summed E-state index contributed by atoms with van der Waals surface area (Å²) in [6, 6.07) is 1.48. The van der Waals surface area contributed by atoms with E-state index in [0.29, 0.717) is 0 Å². The first-order valence-electron chi connectivity index (χ1n) is 5.80. The number of ether oxygens (including phenoxy) is 2. The third-order valence-electron chi connectivity index (χ3n) is 3.26. The predicted octanol–water partition coefficient (Wildman–Crippen LogP) is 0.558. The highest BCUT2D eigenvalue weighted by molar-refractivity contribution is 5.65. The molecule has 1 atom stereocenters. The van der Waals surface area contributed by atoms with Crippen LogP contribution in [0.5, 0.6) is 0 Å². The van der Waals surface area contributed by atoms with Gasteiger partial charge in [0.2, 0.25) is 0 Å². The van der Waals surface area contributed by atoms with E-state index in [1.165, 1.54) is 18.3 Å². The van der Waals surface area contributed by atoms with Gasteiger partial charge in [-0.25, -0.2) is 0 Å².